The van der Waals surface area contributed by atoms with Crippen LogP contribution in [0.15, 0.2) is 0 Å². The summed E-state index contributed by atoms with van der Waals surface area (Å²) in [4.78, 5) is 0. The lowest BCUT2D eigenvalue weighted by atomic mass is 9.57. The van der Waals surface area contributed by atoms with Gasteiger partial charge in [-0.15, -0.1) is 0 Å². The summed E-state index contributed by atoms with van der Waals surface area (Å²) in [6, 6.07) is 0. The topological polar surface area (TPSA) is 40.5 Å². The average Bonchev–Trinajstić information content (AvgIpc) is 2.15. The van der Waals surface area contributed by atoms with Gasteiger partial charge in [-0.25, -0.2) is 0 Å². The van der Waals surface area contributed by atoms with Crippen LogP contribution in [0, 0.1) is 10.8 Å². The lowest BCUT2D eigenvalue weighted by molar-refractivity contribution is -0.151. The first kappa shape index (κ1) is 13.9. The third kappa shape index (κ3) is 1.96. The molecule has 0 fully saturated rings. The van der Waals surface area contributed by atoms with Crippen molar-refractivity contribution in [1.82, 2.24) is 0 Å². The van der Waals surface area contributed by atoms with Crippen LogP contribution in [0.5, 0.6) is 0 Å². The molecular weight excluding hydrogens is 176 g/mol. The maximum Gasteiger partial charge on any atom is 0.0697 e. The molecule has 2 N–H and O–H groups in total. The highest BCUT2D eigenvalue weighted by atomic mass is 16.3. The number of aliphatic hydroxyl groups is 2. The molecule has 2 unspecified atom stereocenters. The van der Waals surface area contributed by atoms with Gasteiger partial charge >= 0.3 is 0 Å². The molecule has 0 rings (SSSR count). The third-order valence-electron chi connectivity index (χ3n) is 4.57. The van der Waals surface area contributed by atoms with Crippen LogP contribution in [-0.4, -0.2) is 22.4 Å². The molecule has 2 nitrogen and oxygen atoms in total. The molecule has 0 amide bonds. The standard InChI is InChI=1S/C12H26O2/c1-7-10(3,4)11(5,9-13)12(6,14)8-2/h13-14H,7-9H2,1-6H3. The Morgan fingerprint density at radius 1 is 0.929 bits per heavy atom. The van der Waals surface area contributed by atoms with E-state index in [9.17, 15) is 10.2 Å². The maximum atomic E-state index is 10.3. The van der Waals surface area contributed by atoms with E-state index in [4.69, 9.17) is 0 Å². The van der Waals surface area contributed by atoms with Crippen LogP contribution in [0.4, 0.5) is 0 Å². The SMILES string of the molecule is CCC(C)(C)C(C)(CO)C(C)(O)CC. The lowest BCUT2D eigenvalue weighted by Crippen LogP contribution is -2.54. The first-order chi connectivity index (χ1) is 6.18. The van der Waals surface area contributed by atoms with E-state index in [1.54, 1.807) is 0 Å². The second kappa shape index (κ2) is 4.19. The van der Waals surface area contributed by atoms with Gasteiger partial charge in [0.2, 0.25) is 0 Å². The van der Waals surface area contributed by atoms with Crippen molar-refractivity contribution in [2.24, 2.45) is 10.8 Å². The summed E-state index contributed by atoms with van der Waals surface area (Å²) in [5, 5.41) is 19.9. The van der Waals surface area contributed by atoms with Crippen LogP contribution < -0.4 is 0 Å². The molecule has 86 valence electrons. The summed E-state index contributed by atoms with van der Waals surface area (Å²) < 4.78 is 0. The summed E-state index contributed by atoms with van der Waals surface area (Å²) in [5.41, 5.74) is -1.34. The predicted octanol–water partition coefficient (Wildman–Crippen LogP) is 2.58. The largest absolute Gasteiger partial charge is 0.396 e. The Hall–Kier alpha value is -0.0800. The van der Waals surface area contributed by atoms with Crippen molar-refractivity contribution in [3.05, 3.63) is 0 Å². The van der Waals surface area contributed by atoms with Crippen molar-refractivity contribution < 1.29 is 10.2 Å². The molecule has 0 aromatic rings. The van der Waals surface area contributed by atoms with Crippen molar-refractivity contribution in [3.63, 3.8) is 0 Å². The molecule has 0 bridgehead atoms. The van der Waals surface area contributed by atoms with Crippen LogP contribution in [0.1, 0.15) is 54.4 Å². The number of hydrogen-bond donors (Lipinski definition) is 2. The molecular formula is C12H26O2. The van der Waals surface area contributed by atoms with E-state index in [1.807, 2.05) is 20.8 Å². The third-order valence-corrected chi connectivity index (χ3v) is 4.57. The summed E-state index contributed by atoms with van der Waals surface area (Å²) in [5.74, 6) is 0. The monoisotopic (exact) mass is 202 g/mol. The van der Waals surface area contributed by atoms with Crippen LogP contribution in [0.2, 0.25) is 0 Å². The van der Waals surface area contributed by atoms with Crippen molar-refractivity contribution in [1.29, 1.82) is 0 Å². The van der Waals surface area contributed by atoms with Gasteiger partial charge < -0.3 is 10.2 Å². The van der Waals surface area contributed by atoms with Gasteiger partial charge in [-0.3, -0.25) is 0 Å². The van der Waals surface area contributed by atoms with Gasteiger partial charge in [0.25, 0.3) is 0 Å². The number of aliphatic hydroxyl groups excluding tert-OH is 1. The van der Waals surface area contributed by atoms with Crippen LogP contribution in [0.3, 0.4) is 0 Å². The van der Waals surface area contributed by atoms with Gasteiger partial charge in [0, 0.05) is 5.41 Å². The molecule has 0 heterocycles. The van der Waals surface area contributed by atoms with E-state index in [0.717, 1.165) is 6.42 Å². The van der Waals surface area contributed by atoms with E-state index in [1.165, 1.54) is 0 Å². The van der Waals surface area contributed by atoms with E-state index >= 15 is 0 Å². The highest BCUT2D eigenvalue weighted by Crippen LogP contribution is 2.49. The molecule has 0 saturated carbocycles. The van der Waals surface area contributed by atoms with Crippen molar-refractivity contribution in [2.45, 2.75) is 60.0 Å². The average molecular weight is 202 g/mol. The van der Waals surface area contributed by atoms with Gasteiger partial charge in [-0.1, -0.05) is 41.0 Å². The fraction of sp³-hybridized carbons (Fsp3) is 1.00. The lowest BCUT2D eigenvalue weighted by Gasteiger charge is -2.51. The quantitative estimate of drug-likeness (QED) is 0.719. The van der Waals surface area contributed by atoms with Crippen LogP contribution in [0.25, 0.3) is 0 Å². The van der Waals surface area contributed by atoms with E-state index < -0.39 is 11.0 Å². The Labute approximate surface area is 88.3 Å². The maximum absolute atomic E-state index is 10.3. The minimum absolute atomic E-state index is 0.0225. The summed E-state index contributed by atoms with van der Waals surface area (Å²) in [6.07, 6.45) is 1.60. The minimum atomic E-state index is -0.818. The molecule has 0 aliphatic rings. The molecule has 0 aliphatic carbocycles. The van der Waals surface area contributed by atoms with Gasteiger partial charge in [-0.2, -0.15) is 0 Å². The van der Waals surface area contributed by atoms with Crippen LogP contribution >= 0.6 is 0 Å². The molecule has 0 aliphatic heterocycles. The Balaban J connectivity index is 5.18. The van der Waals surface area contributed by atoms with E-state index in [0.29, 0.717) is 6.42 Å². The molecule has 14 heavy (non-hydrogen) atoms. The molecule has 2 atom stereocenters. The summed E-state index contributed by atoms with van der Waals surface area (Å²) in [6.45, 7) is 12.1. The number of hydrogen-bond acceptors (Lipinski definition) is 2. The van der Waals surface area contributed by atoms with Gasteiger partial charge in [0.05, 0.1) is 12.2 Å². The molecule has 0 aromatic carbocycles. The van der Waals surface area contributed by atoms with Crippen molar-refractivity contribution in [3.8, 4) is 0 Å². The van der Waals surface area contributed by atoms with Gasteiger partial charge in [-0.05, 0) is 18.8 Å². The first-order valence-electron chi connectivity index (χ1n) is 5.51. The molecule has 0 radical (unpaired) electrons. The second-order valence-electron chi connectivity index (χ2n) is 5.36. The first-order valence-corrected chi connectivity index (χ1v) is 5.51. The van der Waals surface area contributed by atoms with E-state index in [-0.39, 0.29) is 12.0 Å². The van der Waals surface area contributed by atoms with Crippen molar-refractivity contribution in [2.75, 3.05) is 6.61 Å². The Morgan fingerprint density at radius 3 is 1.57 bits per heavy atom. The zero-order chi connectivity index (χ0) is 11.6. The minimum Gasteiger partial charge on any atom is -0.396 e. The Morgan fingerprint density at radius 2 is 1.36 bits per heavy atom. The zero-order valence-corrected chi connectivity index (χ0v) is 10.5. The Bertz CT molecular complexity index is 167. The fourth-order valence-corrected chi connectivity index (χ4v) is 1.89. The smallest absolute Gasteiger partial charge is 0.0697 e. The Kier molecular flexibility index (Phi) is 4.17. The second-order valence-corrected chi connectivity index (χ2v) is 5.36. The summed E-state index contributed by atoms with van der Waals surface area (Å²) in [7, 11) is 0. The molecule has 0 saturated heterocycles. The van der Waals surface area contributed by atoms with E-state index in [2.05, 4.69) is 20.8 Å². The highest BCUT2D eigenvalue weighted by Gasteiger charge is 2.50. The highest BCUT2D eigenvalue weighted by molar-refractivity contribution is 5.00. The van der Waals surface area contributed by atoms with Gasteiger partial charge in [0.15, 0.2) is 0 Å². The van der Waals surface area contributed by atoms with Crippen LogP contribution in [-0.2, 0) is 0 Å². The predicted molar refractivity (Wildman–Crippen MR) is 60.2 cm³/mol. The fourth-order valence-electron chi connectivity index (χ4n) is 1.89. The summed E-state index contributed by atoms with van der Waals surface area (Å²) >= 11 is 0. The zero-order valence-electron chi connectivity index (χ0n) is 10.5. The molecule has 0 spiro atoms. The normalized spacial score (nSPS) is 21.4. The van der Waals surface area contributed by atoms with Gasteiger partial charge in [0.1, 0.15) is 0 Å². The van der Waals surface area contributed by atoms with Crippen molar-refractivity contribution >= 4 is 0 Å². The molecule has 0 aromatic heterocycles. The number of rotatable bonds is 5. The molecule has 2 heteroatoms.